The molecule has 3 heterocycles. The Labute approximate surface area is 127 Å². The maximum atomic E-state index is 12.5. The predicted molar refractivity (Wildman–Crippen MR) is 83.3 cm³/mol. The molecule has 120 valence electrons. The largest absolute Gasteiger partial charge is 0.394 e. The quantitative estimate of drug-likeness (QED) is 0.819. The number of hydrogen-bond donors (Lipinski definition) is 1. The average Bonchev–Trinajstić information content (AvgIpc) is 2.92. The Bertz CT molecular complexity index is 828. The van der Waals surface area contributed by atoms with Gasteiger partial charge in [-0.25, -0.2) is 4.79 Å². The first kappa shape index (κ1) is 14.8. The van der Waals surface area contributed by atoms with E-state index in [0.717, 1.165) is 24.0 Å². The smallest absolute Gasteiger partial charge is 0.332 e. The average molecular weight is 307 g/mol. The van der Waals surface area contributed by atoms with Crippen molar-refractivity contribution in [1.82, 2.24) is 18.7 Å². The van der Waals surface area contributed by atoms with E-state index in [1.54, 1.807) is 7.05 Å². The lowest BCUT2D eigenvalue weighted by Gasteiger charge is -2.34. The highest BCUT2D eigenvalue weighted by atomic mass is 16.3. The molecule has 2 aromatic heterocycles. The van der Waals surface area contributed by atoms with Gasteiger partial charge in [-0.1, -0.05) is 6.92 Å². The second kappa shape index (κ2) is 5.28. The minimum atomic E-state index is -0.381. The second-order valence-electron chi connectivity index (χ2n) is 5.73. The van der Waals surface area contributed by atoms with Crippen molar-refractivity contribution in [1.29, 1.82) is 0 Å². The van der Waals surface area contributed by atoms with E-state index in [0.29, 0.717) is 23.7 Å². The molecule has 2 aromatic rings. The molecule has 22 heavy (non-hydrogen) atoms. The Balaban J connectivity index is 2.33. The number of rotatable bonds is 3. The van der Waals surface area contributed by atoms with Gasteiger partial charge >= 0.3 is 5.69 Å². The summed E-state index contributed by atoms with van der Waals surface area (Å²) in [6.45, 7) is 3.53. The van der Waals surface area contributed by atoms with Gasteiger partial charge in [0.1, 0.15) is 0 Å². The van der Waals surface area contributed by atoms with Crippen LogP contribution >= 0.6 is 0 Å². The Hall–Kier alpha value is -2.09. The number of aliphatic hydroxyl groups excluding tert-OH is 1. The summed E-state index contributed by atoms with van der Waals surface area (Å²) in [5.74, 6) is 0.667. The number of fused-ring (bicyclic) bond motifs is 3. The molecule has 1 atom stereocenters. The standard InChI is InChI=1S/C14H21N5O3/c1-4-9(8-20)18-6-5-7-19-10-11(15-13(18)19)16(2)14(22)17(3)12(10)21/h9,20H,4-8H2,1-3H3/t9-/m1/s1. The predicted octanol–water partition coefficient (Wildman–Crippen LogP) is -0.585. The molecule has 0 spiro atoms. The van der Waals surface area contributed by atoms with Crippen LogP contribution in [0.15, 0.2) is 9.59 Å². The van der Waals surface area contributed by atoms with E-state index in [2.05, 4.69) is 4.98 Å². The molecule has 8 heteroatoms. The van der Waals surface area contributed by atoms with Gasteiger partial charge in [0.2, 0.25) is 5.95 Å². The Morgan fingerprint density at radius 1 is 1.23 bits per heavy atom. The molecule has 0 aromatic carbocycles. The maximum absolute atomic E-state index is 12.5. The fourth-order valence-corrected chi connectivity index (χ4v) is 3.16. The molecule has 0 radical (unpaired) electrons. The number of anilines is 1. The monoisotopic (exact) mass is 307 g/mol. The molecule has 0 amide bonds. The normalized spacial score (nSPS) is 16.1. The highest BCUT2D eigenvalue weighted by Gasteiger charge is 2.28. The first-order valence-corrected chi connectivity index (χ1v) is 7.55. The highest BCUT2D eigenvalue weighted by molar-refractivity contribution is 5.75. The molecule has 0 saturated carbocycles. The van der Waals surface area contributed by atoms with Crippen molar-refractivity contribution < 1.29 is 5.11 Å². The minimum Gasteiger partial charge on any atom is -0.394 e. The number of imidazole rings is 1. The summed E-state index contributed by atoms with van der Waals surface area (Å²) >= 11 is 0. The number of aryl methyl sites for hydroxylation is 2. The van der Waals surface area contributed by atoms with Crippen LogP contribution in [0, 0.1) is 0 Å². The van der Waals surface area contributed by atoms with Crippen LogP contribution in [0.4, 0.5) is 5.95 Å². The van der Waals surface area contributed by atoms with E-state index >= 15 is 0 Å². The van der Waals surface area contributed by atoms with Gasteiger partial charge in [0.15, 0.2) is 11.2 Å². The molecule has 0 aliphatic carbocycles. The van der Waals surface area contributed by atoms with Crippen LogP contribution in [-0.2, 0) is 20.6 Å². The summed E-state index contributed by atoms with van der Waals surface area (Å²) in [5.41, 5.74) is 0.157. The molecule has 8 nitrogen and oxygen atoms in total. The van der Waals surface area contributed by atoms with Crippen molar-refractivity contribution in [3.8, 4) is 0 Å². The number of aromatic nitrogens is 4. The van der Waals surface area contributed by atoms with Gasteiger partial charge in [-0.05, 0) is 12.8 Å². The molecule has 0 saturated heterocycles. The van der Waals surface area contributed by atoms with Crippen LogP contribution < -0.4 is 16.1 Å². The van der Waals surface area contributed by atoms with Crippen LogP contribution in [0.1, 0.15) is 19.8 Å². The fourth-order valence-electron chi connectivity index (χ4n) is 3.16. The molecule has 3 rings (SSSR count). The molecule has 0 unspecified atom stereocenters. The molecule has 1 N–H and O–H groups in total. The summed E-state index contributed by atoms with van der Waals surface area (Å²) in [4.78, 5) is 31.1. The van der Waals surface area contributed by atoms with Crippen molar-refractivity contribution >= 4 is 17.1 Å². The zero-order chi connectivity index (χ0) is 16.0. The van der Waals surface area contributed by atoms with Crippen LogP contribution in [0.25, 0.3) is 11.2 Å². The van der Waals surface area contributed by atoms with Crippen LogP contribution in [0.2, 0.25) is 0 Å². The molecule has 1 aliphatic heterocycles. The van der Waals surface area contributed by atoms with Crippen LogP contribution in [0.5, 0.6) is 0 Å². The zero-order valence-corrected chi connectivity index (χ0v) is 13.1. The van der Waals surface area contributed by atoms with Gasteiger partial charge < -0.3 is 14.6 Å². The van der Waals surface area contributed by atoms with Gasteiger partial charge in [0.05, 0.1) is 12.6 Å². The molecular weight excluding hydrogens is 286 g/mol. The third-order valence-corrected chi connectivity index (χ3v) is 4.49. The van der Waals surface area contributed by atoms with E-state index in [-0.39, 0.29) is 23.9 Å². The van der Waals surface area contributed by atoms with Crippen molar-refractivity contribution in [3.63, 3.8) is 0 Å². The summed E-state index contributed by atoms with van der Waals surface area (Å²) in [5, 5.41) is 9.58. The lowest BCUT2D eigenvalue weighted by molar-refractivity contribution is 0.251. The van der Waals surface area contributed by atoms with Crippen LogP contribution in [0.3, 0.4) is 0 Å². The van der Waals surface area contributed by atoms with E-state index in [4.69, 9.17) is 0 Å². The van der Waals surface area contributed by atoms with E-state index < -0.39 is 0 Å². The first-order valence-electron chi connectivity index (χ1n) is 7.55. The van der Waals surface area contributed by atoms with Gasteiger partial charge in [-0.3, -0.25) is 13.9 Å². The SMILES string of the molecule is CC[C@H](CO)N1CCCn2c1nc1c2c(=O)n(C)c(=O)n1C. The van der Waals surface area contributed by atoms with E-state index in [9.17, 15) is 14.7 Å². The maximum Gasteiger partial charge on any atom is 0.332 e. The van der Waals surface area contributed by atoms with Crippen molar-refractivity contribution in [2.45, 2.75) is 32.4 Å². The lowest BCUT2D eigenvalue weighted by Crippen LogP contribution is -2.43. The number of hydrogen-bond acceptors (Lipinski definition) is 5. The second-order valence-corrected chi connectivity index (χ2v) is 5.73. The van der Waals surface area contributed by atoms with Crippen LogP contribution in [-0.4, -0.2) is 43.0 Å². The number of nitrogens with zero attached hydrogens (tertiary/aromatic N) is 5. The van der Waals surface area contributed by atoms with E-state index in [1.165, 1.54) is 11.6 Å². The van der Waals surface area contributed by atoms with Gasteiger partial charge in [0, 0.05) is 27.2 Å². The summed E-state index contributed by atoms with van der Waals surface area (Å²) in [6, 6.07) is -0.0308. The molecule has 0 fully saturated rings. The summed E-state index contributed by atoms with van der Waals surface area (Å²) < 4.78 is 4.39. The van der Waals surface area contributed by atoms with Gasteiger partial charge in [-0.2, -0.15) is 4.98 Å². The van der Waals surface area contributed by atoms with E-state index in [1.807, 2.05) is 16.4 Å². The van der Waals surface area contributed by atoms with Crippen molar-refractivity contribution in [2.24, 2.45) is 14.1 Å². The Morgan fingerprint density at radius 2 is 1.95 bits per heavy atom. The third-order valence-electron chi connectivity index (χ3n) is 4.49. The van der Waals surface area contributed by atoms with Gasteiger partial charge in [-0.15, -0.1) is 0 Å². The van der Waals surface area contributed by atoms with Crippen molar-refractivity contribution in [2.75, 3.05) is 18.1 Å². The first-order chi connectivity index (χ1) is 10.5. The van der Waals surface area contributed by atoms with Gasteiger partial charge in [0.25, 0.3) is 5.56 Å². The molecule has 1 aliphatic rings. The topological polar surface area (TPSA) is 85.3 Å². The third kappa shape index (κ3) is 1.90. The Kier molecular flexibility index (Phi) is 3.56. The molecule has 0 bridgehead atoms. The lowest BCUT2D eigenvalue weighted by atomic mass is 10.2. The Morgan fingerprint density at radius 3 is 2.59 bits per heavy atom. The highest BCUT2D eigenvalue weighted by Crippen LogP contribution is 2.26. The van der Waals surface area contributed by atoms with Crippen molar-refractivity contribution in [3.05, 3.63) is 20.8 Å². The summed E-state index contributed by atoms with van der Waals surface area (Å²) in [7, 11) is 3.10. The number of aliphatic hydroxyl groups is 1. The molecular formula is C14H21N5O3. The summed E-state index contributed by atoms with van der Waals surface area (Å²) in [6.07, 6.45) is 1.66. The zero-order valence-electron chi connectivity index (χ0n) is 13.1. The fraction of sp³-hybridized carbons (Fsp3) is 0.643. The minimum absolute atomic E-state index is 0.0308.